The normalized spacial score (nSPS) is 27.0. The van der Waals surface area contributed by atoms with E-state index in [9.17, 15) is 4.79 Å². The molecule has 0 radical (unpaired) electrons. The summed E-state index contributed by atoms with van der Waals surface area (Å²) in [5.41, 5.74) is 0.624. The second-order valence-corrected chi connectivity index (χ2v) is 4.23. The van der Waals surface area contributed by atoms with E-state index in [1.54, 1.807) is 7.11 Å². The Hall–Kier alpha value is -1.67. The Balaban J connectivity index is 2.28. The van der Waals surface area contributed by atoms with Gasteiger partial charge in [-0.2, -0.15) is 0 Å². The zero-order valence-corrected chi connectivity index (χ0v) is 9.87. The number of allylic oxidation sites excluding steroid dienone is 2. The number of carbonyl (C=O) groups is 1. The zero-order chi connectivity index (χ0) is 12.1. The summed E-state index contributed by atoms with van der Waals surface area (Å²) in [7, 11) is 1.66. The van der Waals surface area contributed by atoms with Crippen LogP contribution in [0.15, 0.2) is 54.6 Å². The minimum Gasteiger partial charge on any atom is -0.373 e. The Kier molecular flexibility index (Phi) is 3.55. The average molecular weight is 228 g/mol. The molecule has 0 saturated heterocycles. The van der Waals surface area contributed by atoms with E-state index >= 15 is 0 Å². The van der Waals surface area contributed by atoms with Gasteiger partial charge in [-0.25, -0.2) is 0 Å². The summed E-state index contributed by atoms with van der Waals surface area (Å²) in [6.07, 6.45) is 9.34. The molecule has 88 valence electrons. The maximum absolute atomic E-state index is 11.2. The van der Waals surface area contributed by atoms with Crippen molar-refractivity contribution in [2.75, 3.05) is 7.11 Å². The number of carbonyl (C=O) groups excluding carboxylic acids is 1. The van der Waals surface area contributed by atoms with Gasteiger partial charge >= 0.3 is 0 Å². The van der Waals surface area contributed by atoms with Crippen LogP contribution < -0.4 is 0 Å². The van der Waals surface area contributed by atoms with E-state index in [4.69, 9.17) is 4.74 Å². The standard InChI is InChI=1S/C15H16O2/c1-17-15(10-6-5-9-14(15)12-16)11-13-7-3-2-4-8-13/h2-10,12,14H,11H2,1H3. The van der Waals surface area contributed by atoms with Crippen LogP contribution in [0.5, 0.6) is 0 Å². The SMILES string of the molecule is COC1(Cc2ccccc2)C=CC=CC1C=O. The highest BCUT2D eigenvalue weighted by atomic mass is 16.5. The van der Waals surface area contributed by atoms with Crippen molar-refractivity contribution in [3.8, 4) is 0 Å². The van der Waals surface area contributed by atoms with Crippen LogP contribution in [0.1, 0.15) is 5.56 Å². The summed E-state index contributed by atoms with van der Waals surface area (Å²) < 4.78 is 5.62. The molecular weight excluding hydrogens is 212 g/mol. The Labute approximate surface area is 102 Å². The molecule has 1 aliphatic carbocycles. The highest BCUT2D eigenvalue weighted by Gasteiger charge is 2.36. The summed E-state index contributed by atoms with van der Waals surface area (Å²) in [5, 5.41) is 0. The summed E-state index contributed by atoms with van der Waals surface area (Å²) in [5.74, 6) is -0.224. The first-order valence-corrected chi connectivity index (χ1v) is 5.71. The van der Waals surface area contributed by atoms with Gasteiger partial charge in [-0.05, 0) is 5.56 Å². The van der Waals surface area contributed by atoms with Gasteiger partial charge in [-0.15, -0.1) is 0 Å². The highest BCUT2D eigenvalue weighted by Crippen LogP contribution is 2.30. The van der Waals surface area contributed by atoms with Crippen LogP contribution in [0.3, 0.4) is 0 Å². The lowest BCUT2D eigenvalue weighted by molar-refractivity contribution is -0.116. The molecule has 0 amide bonds. The fourth-order valence-corrected chi connectivity index (χ4v) is 2.20. The topological polar surface area (TPSA) is 26.3 Å². The van der Waals surface area contributed by atoms with E-state index in [1.807, 2.05) is 42.5 Å². The van der Waals surface area contributed by atoms with Crippen molar-refractivity contribution >= 4 is 6.29 Å². The number of hydrogen-bond acceptors (Lipinski definition) is 2. The van der Waals surface area contributed by atoms with Crippen LogP contribution in [0.4, 0.5) is 0 Å². The third kappa shape index (κ3) is 2.37. The molecular formula is C15H16O2. The molecule has 17 heavy (non-hydrogen) atoms. The van der Waals surface area contributed by atoms with Crippen molar-refractivity contribution in [3.63, 3.8) is 0 Å². The van der Waals surface area contributed by atoms with Crippen LogP contribution in [-0.4, -0.2) is 19.0 Å². The molecule has 0 spiro atoms. The quantitative estimate of drug-likeness (QED) is 0.740. The molecule has 0 aromatic heterocycles. The minimum absolute atomic E-state index is 0.224. The lowest BCUT2D eigenvalue weighted by atomic mass is 9.80. The first-order valence-electron chi connectivity index (χ1n) is 5.71. The number of ether oxygens (including phenoxy) is 1. The number of aldehydes is 1. The van der Waals surface area contributed by atoms with E-state index in [0.29, 0.717) is 6.42 Å². The van der Waals surface area contributed by atoms with Gasteiger partial charge in [0.1, 0.15) is 11.9 Å². The lowest BCUT2D eigenvalue weighted by Gasteiger charge is -2.34. The number of hydrogen-bond donors (Lipinski definition) is 0. The van der Waals surface area contributed by atoms with Gasteiger partial charge in [0.15, 0.2) is 0 Å². The van der Waals surface area contributed by atoms with Gasteiger partial charge in [0.05, 0.1) is 5.92 Å². The van der Waals surface area contributed by atoms with Gasteiger partial charge in [-0.3, -0.25) is 0 Å². The van der Waals surface area contributed by atoms with Crippen molar-refractivity contribution in [1.29, 1.82) is 0 Å². The number of benzene rings is 1. The van der Waals surface area contributed by atoms with Crippen molar-refractivity contribution in [2.24, 2.45) is 5.92 Å². The molecule has 1 aliphatic rings. The first-order chi connectivity index (χ1) is 8.30. The predicted octanol–water partition coefficient (Wildman–Crippen LogP) is 2.56. The molecule has 0 bridgehead atoms. The third-order valence-corrected chi connectivity index (χ3v) is 3.22. The van der Waals surface area contributed by atoms with Crippen molar-refractivity contribution < 1.29 is 9.53 Å². The van der Waals surface area contributed by atoms with E-state index in [1.165, 1.54) is 5.56 Å². The molecule has 2 unspecified atom stereocenters. The molecule has 1 aromatic carbocycles. The van der Waals surface area contributed by atoms with Crippen molar-refractivity contribution in [2.45, 2.75) is 12.0 Å². The van der Waals surface area contributed by atoms with Crippen LogP contribution in [0, 0.1) is 5.92 Å². The molecule has 1 aromatic rings. The summed E-state index contributed by atoms with van der Waals surface area (Å²) in [6, 6.07) is 10.1. The first kappa shape index (κ1) is 11.8. The van der Waals surface area contributed by atoms with Crippen molar-refractivity contribution in [1.82, 2.24) is 0 Å². The molecule has 2 heteroatoms. The molecule has 0 aliphatic heterocycles. The second kappa shape index (κ2) is 5.11. The third-order valence-electron chi connectivity index (χ3n) is 3.22. The van der Waals surface area contributed by atoms with E-state index in [-0.39, 0.29) is 5.92 Å². The molecule has 0 heterocycles. The maximum atomic E-state index is 11.2. The molecule has 0 saturated carbocycles. The molecule has 0 N–H and O–H groups in total. The summed E-state index contributed by atoms with van der Waals surface area (Å²) >= 11 is 0. The fraction of sp³-hybridized carbons (Fsp3) is 0.267. The van der Waals surface area contributed by atoms with Gasteiger partial charge in [0, 0.05) is 13.5 Å². The van der Waals surface area contributed by atoms with Crippen molar-refractivity contribution in [3.05, 3.63) is 60.2 Å². The van der Waals surface area contributed by atoms with Crippen LogP contribution >= 0.6 is 0 Å². The van der Waals surface area contributed by atoms with Gasteiger partial charge in [0.2, 0.25) is 0 Å². The van der Waals surface area contributed by atoms with E-state index in [0.717, 1.165) is 6.29 Å². The Morgan fingerprint density at radius 1 is 1.29 bits per heavy atom. The maximum Gasteiger partial charge on any atom is 0.130 e. The summed E-state index contributed by atoms with van der Waals surface area (Å²) in [4.78, 5) is 11.2. The second-order valence-electron chi connectivity index (χ2n) is 4.23. The number of methoxy groups -OCH3 is 1. The Morgan fingerprint density at radius 3 is 2.71 bits per heavy atom. The van der Waals surface area contributed by atoms with Crippen LogP contribution in [0.2, 0.25) is 0 Å². The Bertz CT molecular complexity index is 433. The molecule has 2 atom stereocenters. The fourth-order valence-electron chi connectivity index (χ4n) is 2.20. The van der Waals surface area contributed by atoms with Crippen LogP contribution in [0.25, 0.3) is 0 Å². The minimum atomic E-state index is -0.544. The van der Waals surface area contributed by atoms with E-state index < -0.39 is 5.60 Å². The summed E-state index contributed by atoms with van der Waals surface area (Å²) in [6.45, 7) is 0. The predicted molar refractivity (Wildman–Crippen MR) is 67.7 cm³/mol. The molecule has 0 fully saturated rings. The molecule has 2 nitrogen and oxygen atoms in total. The lowest BCUT2D eigenvalue weighted by Crippen LogP contribution is -2.41. The molecule has 2 rings (SSSR count). The van der Waals surface area contributed by atoms with Gasteiger partial charge in [0.25, 0.3) is 0 Å². The largest absolute Gasteiger partial charge is 0.373 e. The number of rotatable bonds is 4. The average Bonchev–Trinajstić information content (AvgIpc) is 2.40. The highest BCUT2D eigenvalue weighted by molar-refractivity contribution is 5.61. The van der Waals surface area contributed by atoms with Crippen LogP contribution in [-0.2, 0) is 16.0 Å². The van der Waals surface area contributed by atoms with Gasteiger partial charge in [-0.1, -0.05) is 54.6 Å². The Morgan fingerprint density at radius 2 is 2.06 bits per heavy atom. The smallest absolute Gasteiger partial charge is 0.130 e. The van der Waals surface area contributed by atoms with Gasteiger partial charge < -0.3 is 9.53 Å². The van der Waals surface area contributed by atoms with E-state index in [2.05, 4.69) is 12.1 Å². The zero-order valence-electron chi connectivity index (χ0n) is 9.87. The monoisotopic (exact) mass is 228 g/mol.